The average Bonchev–Trinajstić information content (AvgIpc) is 2.39. The molecule has 2 amide bonds. The monoisotopic (exact) mass is 290 g/mol. The summed E-state index contributed by atoms with van der Waals surface area (Å²) in [5.74, 6) is 0.564. The number of rotatable bonds is 2. The largest absolute Gasteiger partial charge is 0.381 e. The van der Waals surface area contributed by atoms with Gasteiger partial charge in [0.1, 0.15) is 0 Å². The Morgan fingerprint density at radius 3 is 2.63 bits per heavy atom. The van der Waals surface area contributed by atoms with Crippen LogP contribution in [0.25, 0.3) is 0 Å². The highest BCUT2D eigenvalue weighted by Crippen LogP contribution is 2.15. The lowest BCUT2D eigenvalue weighted by Crippen LogP contribution is -2.50. The molecule has 6 nitrogen and oxygen atoms in total. The van der Waals surface area contributed by atoms with Gasteiger partial charge in [-0.15, -0.1) is 0 Å². The second-order valence-electron chi connectivity index (χ2n) is 5.39. The first-order chi connectivity index (χ1) is 8.98. The molecule has 2 aliphatic rings. The van der Waals surface area contributed by atoms with Gasteiger partial charge in [-0.3, -0.25) is 0 Å². The van der Waals surface area contributed by atoms with Crippen molar-refractivity contribution in [1.29, 1.82) is 0 Å². The van der Waals surface area contributed by atoms with Crippen molar-refractivity contribution in [2.75, 3.05) is 51.4 Å². The third-order valence-corrected chi connectivity index (χ3v) is 5.34. The van der Waals surface area contributed by atoms with E-state index in [9.17, 15) is 13.2 Å². The second kappa shape index (κ2) is 6.09. The van der Waals surface area contributed by atoms with Crippen molar-refractivity contribution >= 4 is 15.9 Å². The molecule has 7 heteroatoms. The standard InChI is InChI=1S/C12H22N2O4S/c1-13(9-11-3-2-6-18-10-11)12(15)14-4-7-19(16,17)8-5-14/h11H,2-10H2,1H3. The highest BCUT2D eigenvalue weighted by molar-refractivity contribution is 7.91. The Labute approximate surface area is 114 Å². The van der Waals surface area contributed by atoms with Crippen molar-refractivity contribution in [2.45, 2.75) is 12.8 Å². The quantitative estimate of drug-likeness (QED) is 0.728. The van der Waals surface area contributed by atoms with E-state index in [0.717, 1.165) is 19.4 Å². The highest BCUT2D eigenvalue weighted by Gasteiger charge is 2.28. The van der Waals surface area contributed by atoms with Crippen LogP contribution in [-0.4, -0.2) is 75.7 Å². The predicted octanol–water partition coefficient (Wildman–Crippen LogP) is 0.195. The number of urea groups is 1. The van der Waals surface area contributed by atoms with Gasteiger partial charge in [0.15, 0.2) is 9.84 Å². The third-order valence-electron chi connectivity index (χ3n) is 3.73. The summed E-state index contributed by atoms with van der Waals surface area (Å²) in [5.41, 5.74) is 0. The number of hydrogen-bond donors (Lipinski definition) is 0. The molecule has 0 N–H and O–H groups in total. The summed E-state index contributed by atoms with van der Waals surface area (Å²) in [4.78, 5) is 15.5. The Morgan fingerprint density at radius 1 is 1.37 bits per heavy atom. The number of hydrogen-bond acceptors (Lipinski definition) is 4. The van der Waals surface area contributed by atoms with Crippen LogP contribution < -0.4 is 0 Å². The van der Waals surface area contributed by atoms with Crippen LogP contribution in [0, 0.1) is 5.92 Å². The summed E-state index contributed by atoms with van der Waals surface area (Å²) in [6, 6.07) is -0.0690. The van der Waals surface area contributed by atoms with Gasteiger partial charge >= 0.3 is 6.03 Å². The number of nitrogens with zero attached hydrogens (tertiary/aromatic N) is 2. The molecule has 2 rings (SSSR count). The molecule has 0 spiro atoms. The highest BCUT2D eigenvalue weighted by atomic mass is 32.2. The minimum Gasteiger partial charge on any atom is -0.381 e. The van der Waals surface area contributed by atoms with E-state index >= 15 is 0 Å². The van der Waals surface area contributed by atoms with E-state index in [1.54, 1.807) is 16.8 Å². The predicted molar refractivity (Wildman–Crippen MR) is 71.8 cm³/mol. The molecule has 0 saturated carbocycles. The lowest BCUT2D eigenvalue weighted by molar-refractivity contribution is 0.0436. The summed E-state index contributed by atoms with van der Waals surface area (Å²) < 4.78 is 28.1. The average molecular weight is 290 g/mol. The smallest absolute Gasteiger partial charge is 0.319 e. The summed E-state index contributed by atoms with van der Waals surface area (Å²) in [6.07, 6.45) is 2.14. The van der Waals surface area contributed by atoms with Gasteiger partial charge < -0.3 is 14.5 Å². The Kier molecular flexibility index (Phi) is 4.67. The summed E-state index contributed by atoms with van der Waals surface area (Å²) in [6.45, 7) is 2.84. The number of ether oxygens (including phenoxy) is 1. The van der Waals surface area contributed by atoms with Gasteiger partial charge in [0, 0.05) is 39.2 Å². The topological polar surface area (TPSA) is 66.9 Å². The summed E-state index contributed by atoms with van der Waals surface area (Å²) >= 11 is 0. The minimum atomic E-state index is -2.93. The normalized spacial score (nSPS) is 27.0. The van der Waals surface area contributed by atoms with Crippen LogP contribution in [0.1, 0.15) is 12.8 Å². The molecule has 0 aromatic rings. The van der Waals surface area contributed by atoms with E-state index in [4.69, 9.17) is 4.74 Å². The number of carbonyl (C=O) groups is 1. The Bertz CT molecular complexity index is 403. The molecule has 110 valence electrons. The Balaban J connectivity index is 1.82. The zero-order valence-electron chi connectivity index (χ0n) is 11.4. The van der Waals surface area contributed by atoms with Crippen molar-refractivity contribution in [3.8, 4) is 0 Å². The molecule has 0 radical (unpaired) electrons. The van der Waals surface area contributed by atoms with E-state index in [1.165, 1.54) is 0 Å². The van der Waals surface area contributed by atoms with E-state index in [2.05, 4.69) is 0 Å². The van der Waals surface area contributed by atoms with Crippen LogP contribution in [0.3, 0.4) is 0 Å². The molecule has 2 saturated heterocycles. The Hall–Kier alpha value is -0.820. The Morgan fingerprint density at radius 2 is 2.05 bits per heavy atom. The van der Waals surface area contributed by atoms with Crippen molar-refractivity contribution < 1.29 is 17.9 Å². The molecule has 0 aromatic heterocycles. The molecule has 2 fully saturated rings. The van der Waals surface area contributed by atoms with Gasteiger partial charge in [-0.25, -0.2) is 13.2 Å². The van der Waals surface area contributed by atoms with Gasteiger partial charge in [-0.05, 0) is 12.8 Å². The van der Waals surface area contributed by atoms with Gasteiger partial charge in [-0.2, -0.15) is 0 Å². The first-order valence-electron chi connectivity index (χ1n) is 6.76. The van der Waals surface area contributed by atoms with Gasteiger partial charge in [0.05, 0.1) is 18.1 Å². The van der Waals surface area contributed by atoms with E-state index < -0.39 is 9.84 Å². The SMILES string of the molecule is CN(CC1CCCOC1)C(=O)N1CCS(=O)(=O)CC1. The first-order valence-corrected chi connectivity index (χ1v) is 8.58. The fourth-order valence-corrected chi connectivity index (χ4v) is 3.76. The third kappa shape index (κ3) is 4.07. The van der Waals surface area contributed by atoms with E-state index in [-0.39, 0.29) is 17.5 Å². The summed E-state index contributed by atoms with van der Waals surface area (Å²) in [7, 11) is -1.16. The minimum absolute atomic E-state index is 0.0690. The first kappa shape index (κ1) is 14.6. The lowest BCUT2D eigenvalue weighted by Gasteiger charge is -2.33. The van der Waals surface area contributed by atoms with Crippen LogP contribution in [0.4, 0.5) is 4.79 Å². The molecule has 2 heterocycles. The van der Waals surface area contributed by atoms with E-state index in [0.29, 0.717) is 32.2 Å². The number of carbonyl (C=O) groups excluding carboxylic acids is 1. The molecular formula is C12H22N2O4S. The van der Waals surface area contributed by atoms with Crippen molar-refractivity contribution in [2.24, 2.45) is 5.92 Å². The molecular weight excluding hydrogens is 268 g/mol. The van der Waals surface area contributed by atoms with Crippen LogP contribution in [0.15, 0.2) is 0 Å². The van der Waals surface area contributed by atoms with Gasteiger partial charge in [0.2, 0.25) is 0 Å². The van der Waals surface area contributed by atoms with Crippen LogP contribution >= 0.6 is 0 Å². The van der Waals surface area contributed by atoms with Crippen LogP contribution in [0.5, 0.6) is 0 Å². The molecule has 1 atom stereocenters. The van der Waals surface area contributed by atoms with Crippen LogP contribution in [0.2, 0.25) is 0 Å². The zero-order chi connectivity index (χ0) is 13.9. The number of amides is 2. The van der Waals surface area contributed by atoms with E-state index in [1.807, 2.05) is 0 Å². The fraction of sp³-hybridized carbons (Fsp3) is 0.917. The second-order valence-corrected chi connectivity index (χ2v) is 7.69. The zero-order valence-corrected chi connectivity index (χ0v) is 12.2. The van der Waals surface area contributed by atoms with Crippen molar-refractivity contribution in [1.82, 2.24) is 9.80 Å². The maximum absolute atomic E-state index is 12.2. The fourth-order valence-electron chi connectivity index (χ4n) is 2.56. The maximum atomic E-state index is 12.2. The molecule has 0 aliphatic carbocycles. The molecule has 1 unspecified atom stereocenters. The molecule has 0 aromatic carbocycles. The van der Waals surface area contributed by atoms with Crippen LogP contribution in [-0.2, 0) is 14.6 Å². The molecule has 19 heavy (non-hydrogen) atoms. The van der Waals surface area contributed by atoms with Gasteiger partial charge in [0.25, 0.3) is 0 Å². The number of sulfone groups is 1. The van der Waals surface area contributed by atoms with Crippen molar-refractivity contribution in [3.05, 3.63) is 0 Å². The summed E-state index contributed by atoms with van der Waals surface area (Å²) in [5, 5.41) is 0. The van der Waals surface area contributed by atoms with Crippen molar-refractivity contribution in [3.63, 3.8) is 0 Å². The lowest BCUT2D eigenvalue weighted by atomic mass is 10.0. The maximum Gasteiger partial charge on any atom is 0.319 e. The molecule has 0 bridgehead atoms. The molecule has 2 aliphatic heterocycles. The van der Waals surface area contributed by atoms with Gasteiger partial charge in [-0.1, -0.05) is 0 Å².